The first-order valence-electron chi connectivity index (χ1n) is 10.6. The summed E-state index contributed by atoms with van der Waals surface area (Å²) in [7, 11) is 0. The van der Waals surface area contributed by atoms with Crippen molar-refractivity contribution >= 4 is 47.5 Å². The van der Waals surface area contributed by atoms with Crippen LogP contribution in [0, 0.1) is 0 Å². The SMILES string of the molecule is CC(NC(=O)C(CC(=O)O)NC(=O)CCC(=O)NC(CCCN=C(N)N)C(=O)NCC(=O)O)C(=O)O. The van der Waals surface area contributed by atoms with Gasteiger partial charge in [0.15, 0.2) is 5.96 Å². The number of guanidine groups is 1. The van der Waals surface area contributed by atoms with Crippen molar-refractivity contribution in [2.75, 3.05) is 13.1 Å². The number of hydrogen-bond donors (Lipinski definition) is 9. The van der Waals surface area contributed by atoms with Crippen LogP contribution in [0.4, 0.5) is 0 Å². The molecule has 3 atom stereocenters. The van der Waals surface area contributed by atoms with E-state index >= 15 is 0 Å². The monoisotopic (exact) mass is 517 g/mol. The maximum atomic E-state index is 12.3. The molecule has 0 radical (unpaired) electrons. The molecule has 202 valence electrons. The standard InChI is InChI=1S/C19H31N7O10/c1-9(18(35)36)24-17(34)11(7-14(29)30)26-13(28)5-4-12(27)25-10(3-2-6-22-19(20)21)16(33)23-8-15(31)32/h9-11H,2-8H2,1H3,(H,23,33)(H,24,34)(H,25,27)(H,26,28)(H,29,30)(H,31,32)(H,35,36)(H4,20,21,22). The molecule has 0 aromatic rings. The van der Waals surface area contributed by atoms with Crippen molar-refractivity contribution in [1.29, 1.82) is 0 Å². The molecule has 0 heterocycles. The molecule has 0 aliphatic rings. The van der Waals surface area contributed by atoms with Gasteiger partial charge in [-0.2, -0.15) is 0 Å². The minimum absolute atomic E-state index is 0.0444. The summed E-state index contributed by atoms with van der Waals surface area (Å²) in [4.78, 5) is 85.0. The van der Waals surface area contributed by atoms with Crippen LogP contribution in [0.1, 0.15) is 39.0 Å². The Morgan fingerprint density at radius 3 is 1.83 bits per heavy atom. The molecule has 17 nitrogen and oxygen atoms in total. The Balaban J connectivity index is 5.00. The number of hydrogen-bond acceptors (Lipinski definition) is 8. The van der Waals surface area contributed by atoms with Crippen LogP contribution in [-0.4, -0.2) is 94.0 Å². The maximum Gasteiger partial charge on any atom is 0.325 e. The average Bonchev–Trinajstić information content (AvgIpc) is 2.76. The Morgan fingerprint density at radius 2 is 1.36 bits per heavy atom. The number of carbonyl (C=O) groups excluding carboxylic acids is 4. The van der Waals surface area contributed by atoms with Gasteiger partial charge in [-0.3, -0.25) is 38.6 Å². The summed E-state index contributed by atoms with van der Waals surface area (Å²) in [6, 6.07) is -4.09. The van der Waals surface area contributed by atoms with E-state index < -0.39 is 85.5 Å². The van der Waals surface area contributed by atoms with Gasteiger partial charge < -0.3 is 48.1 Å². The lowest BCUT2D eigenvalue weighted by molar-refractivity contribution is -0.143. The molecule has 17 heteroatoms. The Bertz CT molecular complexity index is 873. The quantitative estimate of drug-likeness (QED) is 0.0507. The summed E-state index contributed by atoms with van der Waals surface area (Å²) in [5.41, 5.74) is 10.4. The normalized spacial score (nSPS) is 12.7. The molecule has 0 aromatic heterocycles. The molecule has 3 unspecified atom stereocenters. The van der Waals surface area contributed by atoms with Crippen molar-refractivity contribution in [3.8, 4) is 0 Å². The topological polar surface area (TPSA) is 293 Å². The number of carboxylic acids is 3. The first kappa shape index (κ1) is 31.6. The van der Waals surface area contributed by atoms with Crippen LogP contribution in [0.25, 0.3) is 0 Å². The summed E-state index contributed by atoms with van der Waals surface area (Å²) in [6.45, 7) is 0.594. The van der Waals surface area contributed by atoms with E-state index in [-0.39, 0.29) is 25.3 Å². The first-order chi connectivity index (χ1) is 16.7. The number of nitrogens with one attached hydrogen (secondary N) is 4. The zero-order chi connectivity index (χ0) is 27.8. The van der Waals surface area contributed by atoms with E-state index in [1.54, 1.807) is 0 Å². The van der Waals surface area contributed by atoms with E-state index in [4.69, 9.17) is 26.8 Å². The van der Waals surface area contributed by atoms with Crippen molar-refractivity contribution in [3.63, 3.8) is 0 Å². The van der Waals surface area contributed by atoms with E-state index in [1.807, 2.05) is 5.32 Å². The fraction of sp³-hybridized carbons (Fsp3) is 0.579. The van der Waals surface area contributed by atoms with E-state index in [0.717, 1.165) is 6.92 Å². The third kappa shape index (κ3) is 14.7. The van der Waals surface area contributed by atoms with Crippen LogP contribution in [0.2, 0.25) is 0 Å². The highest BCUT2D eigenvalue weighted by atomic mass is 16.4. The van der Waals surface area contributed by atoms with Gasteiger partial charge in [-0.25, -0.2) is 0 Å². The minimum Gasteiger partial charge on any atom is -0.481 e. The Labute approximate surface area is 205 Å². The third-order valence-electron chi connectivity index (χ3n) is 4.35. The lowest BCUT2D eigenvalue weighted by atomic mass is 10.1. The zero-order valence-electron chi connectivity index (χ0n) is 19.5. The largest absolute Gasteiger partial charge is 0.481 e. The summed E-state index contributed by atoms with van der Waals surface area (Å²) >= 11 is 0. The average molecular weight is 517 g/mol. The fourth-order valence-electron chi connectivity index (χ4n) is 2.58. The van der Waals surface area contributed by atoms with Crippen molar-refractivity contribution in [2.45, 2.75) is 57.2 Å². The van der Waals surface area contributed by atoms with Gasteiger partial charge in [-0.1, -0.05) is 0 Å². The predicted octanol–water partition coefficient (Wildman–Crippen LogP) is -3.95. The van der Waals surface area contributed by atoms with Crippen LogP contribution >= 0.6 is 0 Å². The number of aliphatic imine (C=N–C) groups is 1. The lowest BCUT2D eigenvalue weighted by Gasteiger charge is -2.19. The fourth-order valence-corrected chi connectivity index (χ4v) is 2.58. The molecule has 0 spiro atoms. The molecule has 0 rings (SSSR count). The molecule has 36 heavy (non-hydrogen) atoms. The number of carbonyl (C=O) groups is 7. The van der Waals surface area contributed by atoms with Crippen LogP contribution in [0.3, 0.4) is 0 Å². The minimum atomic E-state index is -1.59. The molecule has 0 aliphatic heterocycles. The van der Waals surface area contributed by atoms with Gasteiger partial charge in [0.05, 0.1) is 6.42 Å². The summed E-state index contributed by atoms with van der Waals surface area (Å²) < 4.78 is 0. The molecule has 0 saturated heterocycles. The van der Waals surface area contributed by atoms with Crippen LogP contribution < -0.4 is 32.7 Å². The lowest BCUT2D eigenvalue weighted by Crippen LogP contribution is -2.51. The molecule has 0 aliphatic carbocycles. The number of rotatable bonds is 17. The van der Waals surface area contributed by atoms with E-state index in [0.29, 0.717) is 0 Å². The highest BCUT2D eigenvalue weighted by molar-refractivity contribution is 5.94. The molecular formula is C19H31N7O10. The third-order valence-corrected chi connectivity index (χ3v) is 4.35. The van der Waals surface area contributed by atoms with Crippen molar-refractivity contribution in [2.24, 2.45) is 16.5 Å². The van der Waals surface area contributed by atoms with Crippen LogP contribution in [-0.2, 0) is 33.6 Å². The molecule has 11 N–H and O–H groups in total. The maximum absolute atomic E-state index is 12.3. The number of nitrogens with two attached hydrogens (primary N) is 2. The van der Waals surface area contributed by atoms with Crippen LogP contribution in [0.15, 0.2) is 4.99 Å². The molecule has 0 bridgehead atoms. The first-order valence-corrected chi connectivity index (χ1v) is 10.6. The van der Waals surface area contributed by atoms with Crippen molar-refractivity contribution < 1.29 is 48.9 Å². The summed E-state index contributed by atoms with van der Waals surface area (Å²) in [5.74, 6) is -7.76. The highest BCUT2D eigenvalue weighted by Gasteiger charge is 2.27. The van der Waals surface area contributed by atoms with Gasteiger partial charge in [-0.15, -0.1) is 0 Å². The second-order valence-corrected chi connectivity index (χ2v) is 7.47. The highest BCUT2D eigenvalue weighted by Crippen LogP contribution is 2.02. The molecule has 0 saturated carbocycles. The summed E-state index contributed by atoms with van der Waals surface area (Å²) in [6.07, 6.45) is -1.50. The van der Waals surface area contributed by atoms with Crippen molar-refractivity contribution in [3.05, 3.63) is 0 Å². The van der Waals surface area contributed by atoms with Gasteiger partial charge in [0.25, 0.3) is 0 Å². The van der Waals surface area contributed by atoms with Crippen molar-refractivity contribution in [1.82, 2.24) is 21.3 Å². The van der Waals surface area contributed by atoms with Crippen LogP contribution in [0.5, 0.6) is 0 Å². The molecule has 4 amide bonds. The molecule has 0 aromatic carbocycles. The Hall–Kier alpha value is -4.44. The zero-order valence-corrected chi connectivity index (χ0v) is 19.5. The number of aliphatic carboxylic acids is 3. The number of amides is 4. The number of nitrogens with zero attached hydrogens (tertiary/aromatic N) is 1. The van der Waals surface area contributed by atoms with Gasteiger partial charge >= 0.3 is 17.9 Å². The van der Waals surface area contributed by atoms with Gasteiger partial charge in [0.2, 0.25) is 23.6 Å². The smallest absolute Gasteiger partial charge is 0.325 e. The molecule has 0 fully saturated rings. The van der Waals surface area contributed by atoms with E-state index in [1.165, 1.54) is 0 Å². The van der Waals surface area contributed by atoms with Gasteiger partial charge in [0.1, 0.15) is 24.7 Å². The Kier molecular flexibility index (Phi) is 14.2. The second-order valence-electron chi connectivity index (χ2n) is 7.47. The van der Waals surface area contributed by atoms with E-state index in [9.17, 15) is 33.6 Å². The predicted molar refractivity (Wildman–Crippen MR) is 121 cm³/mol. The molecular weight excluding hydrogens is 486 g/mol. The van der Waals surface area contributed by atoms with E-state index in [2.05, 4.69) is 20.9 Å². The number of carboxylic acid groups (broad SMARTS) is 3. The van der Waals surface area contributed by atoms with Gasteiger partial charge in [-0.05, 0) is 19.8 Å². The van der Waals surface area contributed by atoms with Gasteiger partial charge in [0, 0.05) is 19.4 Å². The summed E-state index contributed by atoms with van der Waals surface area (Å²) in [5, 5.41) is 35.1. The second kappa shape index (κ2) is 16.2. The Morgan fingerprint density at radius 1 is 0.806 bits per heavy atom.